The van der Waals surface area contributed by atoms with Crippen LogP contribution in [0.1, 0.15) is 41.3 Å². The van der Waals surface area contributed by atoms with Crippen LogP contribution in [0.2, 0.25) is 5.02 Å². The number of aryl methyl sites for hydroxylation is 2. The fourth-order valence-corrected chi connectivity index (χ4v) is 3.94. The number of aromatic nitrogens is 3. The second kappa shape index (κ2) is 6.78. The number of carbonyl (C=O) groups is 1. The first-order valence-electron chi connectivity index (χ1n) is 8.94. The molecule has 0 unspecified atom stereocenters. The first kappa shape index (κ1) is 17.7. The average Bonchev–Trinajstić information content (AvgIpc) is 2.65. The summed E-state index contributed by atoms with van der Waals surface area (Å²) in [6.07, 6.45) is 3.30. The Balaban J connectivity index is 2.03. The predicted molar refractivity (Wildman–Crippen MR) is 104 cm³/mol. The van der Waals surface area contributed by atoms with Crippen molar-refractivity contribution in [2.45, 2.75) is 39.3 Å². The van der Waals surface area contributed by atoms with Crippen LogP contribution in [-0.2, 0) is 19.5 Å². The van der Waals surface area contributed by atoms with Gasteiger partial charge in [-0.3, -0.25) is 18.7 Å². The molecular weight excluding hydrogens is 366 g/mol. The Morgan fingerprint density at radius 3 is 2.70 bits per heavy atom. The van der Waals surface area contributed by atoms with E-state index in [2.05, 4.69) is 4.98 Å². The van der Waals surface area contributed by atoms with E-state index in [1.165, 1.54) is 15.3 Å². The third-order valence-corrected chi connectivity index (χ3v) is 5.25. The van der Waals surface area contributed by atoms with Crippen LogP contribution in [0, 0.1) is 0 Å². The second-order valence-corrected chi connectivity index (χ2v) is 7.11. The number of halogens is 1. The van der Waals surface area contributed by atoms with E-state index in [1.807, 2.05) is 13.0 Å². The summed E-state index contributed by atoms with van der Waals surface area (Å²) in [5.41, 5.74) is 1.51. The Kier molecular flexibility index (Phi) is 4.44. The Morgan fingerprint density at radius 1 is 1.15 bits per heavy atom. The van der Waals surface area contributed by atoms with Gasteiger partial charge in [0, 0.05) is 29.7 Å². The highest BCUT2D eigenvalue weighted by Crippen LogP contribution is 2.25. The smallest absolute Gasteiger partial charge is 0.294 e. The van der Waals surface area contributed by atoms with E-state index < -0.39 is 11.2 Å². The minimum absolute atomic E-state index is 0.000639. The van der Waals surface area contributed by atoms with Crippen LogP contribution in [0.5, 0.6) is 0 Å². The number of pyridine rings is 1. The van der Waals surface area contributed by atoms with E-state index in [9.17, 15) is 14.4 Å². The minimum atomic E-state index is -0.412. The lowest BCUT2D eigenvalue weighted by atomic mass is 9.90. The molecule has 2 aromatic heterocycles. The van der Waals surface area contributed by atoms with E-state index in [0.717, 1.165) is 5.56 Å². The molecule has 0 fully saturated rings. The zero-order chi connectivity index (χ0) is 19.1. The summed E-state index contributed by atoms with van der Waals surface area (Å²) in [4.78, 5) is 42.7. The number of fused-ring (bicyclic) bond motifs is 3. The zero-order valence-electron chi connectivity index (χ0n) is 14.9. The van der Waals surface area contributed by atoms with Gasteiger partial charge in [-0.25, -0.2) is 9.78 Å². The first-order valence-corrected chi connectivity index (χ1v) is 9.32. The van der Waals surface area contributed by atoms with Crippen molar-refractivity contribution in [1.82, 2.24) is 14.1 Å². The van der Waals surface area contributed by atoms with Crippen LogP contribution in [0.25, 0.3) is 11.0 Å². The van der Waals surface area contributed by atoms with Gasteiger partial charge in [0.05, 0.1) is 11.9 Å². The van der Waals surface area contributed by atoms with E-state index >= 15 is 0 Å². The van der Waals surface area contributed by atoms with Gasteiger partial charge in [0.1, 0.15) is 5.65 Å². The van der Waals surface area contributed by atoms with Crippen LogP contribution < -0.4 is 11.2 Å². The van der Waals surface area contributed by atoms with Crippen LogP contribution in [0.3, 0.4) is 0 Å². The van der Waals surface area contributed by atoms with Gasteiger partial charge in [0.2, 0.25) is 0 Å². The molecule has 138 valence electrons. The van der Waals surface area contributed by atoms with Crippen LogP contribution in [0.4, 0.5) is 0 Å². The standard InChI is InChI=1S/C20H18ClN3O3/c1-2-23-18-17(14-7-4-8-16(25)15(14)10-22-18)19(26)24(20(23)27)11-12-5-3-6-13(21)9-12/h3,5-6,9-10H,2,4,7-8,11H2,1H3. The molecule has 0 N–H and O–H groups in total. The molecule has 0 saturated carbocycles. The fourth-order valence-electron chi connectivity index (χ4n) is 3.73. The maximum Gasteiger partial charge on any atom is 0.332 e. The largest absolute Gasteiger partial charge is 0.332 e. The number of carbonyl (C=O) groups excluding carboxylic acids is 1. The Morgan fingerprint density at radius 2 is 1.96 bits per heavy atom. The molecule has 0 amide bonds. The van der Waals surface area contributed by atoms with Crippen LogP contribution in [-0.4, -0.2) is 19.9 Å². The molecule has 0 aliphatic heterocycles. The van der Waals surface area contributed by atoms with Crippen molar-refractivity contribution in [2.24, 2.45) is 0 Å². The maximum atomic E-state index is 13.3. The molecule has 3 aromatic rings. The molecule has 1 aliphatic carbocycles. The predicted octanol–water partition coefficient (Wildman–Crippen LogP) is 2.80. The summed E-state index contributed by atoms with van der Waals surface area (Å²) in [7, 11) is 0. The van der Waals surface area contributed by atoms with Crippen molar-refractivity contribution < 1.29 is 4.79 Å². The van der Waals surface area contributed by atoms with Gasteiger partial charge in [0.25, 0.3) is 5.56 Å². The van der Waals surface area contributed by atoms with Crippen LogP contribution in [0.15, 0.2) is 40.1 Å². The molecule has 1 aliphatic rings. The molecular formula is C20H18ClN3O3. The number of hydrogen-bond donors (Lipinski definition) is 0. The number of Topliss-reactive ketones (excluding diaryl/α,β-unsaturated/α-hetero) is 1. The van der Waals surface area contributed by atoms with Crippen molar-refractivity contribution in [3.05, 3.63) is 73.0 Å². The number of rotatable bonds is 3. The van der Waals surface area contributed by atoms with Gasteiger partial charge in [-0.05, 0) is 43.0 Å². The van der Waals surface area contributed by atoms with E-state index in [4.69, 9.17) is 11.6 Å². The second-order valence-electron chi connectivity index (χ2n) is 6.67. The van der Waals surface area contributed by atoms with Crippen molar-refractivity contribution in [2.75, 3.05) is 0 Å². The highest BCUT2D eigenvalue weighted by molar-refractivity contribution is 6.30. The molecule has 1 aromatic carbocycles. The summed E-state index contributed by atoms with van der Waals surface area (Å²) < 4.78 is 2.69. The molecule has 27 heavy (non-hydrogen) atoms. The number of ketones is 1. The summed E-state index contributed by atoms with van der Waals surface area (Å²) in [6.45, 7) is 2.33. The maximum absolute atomic E-state index is 13.3. The summed E-state index contributed by atoms with van der Waals surface area (Å²) in [5.74, 6) is 0.000639. The lowest BCUT2D eigenvalue weighted by molar-refractivity contribution is 0.0972. The molecule has 0 atom stereocenters. The highest BCUT2D eigenvalue weighted by Gasteiger charge is 2.24. The van der Waals surface area contributed by atoms with Gasteiger partial charge in [-0.2, -0.15) is 0 Å². The SMILES string of the molecule is CCn1c(=O)n(Cc2cccc(Cl)c2)c(=O)c2c3c(cnc21)C(=O)CCC3. The number of hydrogen-bond acceptors (Lipinski definition) is 4. The number of benzene rings is 1. The van der Waals surface area contributed by atoms with Crippen molar-refractivity contribution in [3.63, 3.8) is 0 Å². The lowest BCUT2D eigenvalue weighted by Gasteiger charge is -2.19. The average molecular weight is 384 g/mol. The summed E-state index contributed by atoms with van der Waals surface area (Å²) in [6, 6.07) is 7.07. The fraction of sp³-hybridized carbons (Fsp3) is 0.300. The van der Waals surface area contributed by atoms with Gasteiger partial charge < -0.3 is 0 Å². The zero-order valence-corrected chi connectivity index (χ0v) is 15.6. The molecule has 0 spiro atoms. The Bertz CT molecular complexity index is 1190. The van der Waals surface area contributed by atoms with Crippen LogP contribution >= 0.6 is 11.6 Å². The molecule has 2 heterocycles. The van der Waals surface area contributed by atoms with E-state index in [1.54, 1.807) is 18.2 Å². The van der Waals surface area contributed by atoms with Gasteiger partial charge in [-0.1, -0.05) is 23.7 Å². The quantitative estimate of drug-likeness (QED) is 0.697. The van der Waals surface area contributed by atoms with Gasteiger partial charge in [0.15, 0.2) is 5.78 Å². The molecule has 4 rings (SSSR count). The van der Waals surface area contributed by atoms with Crippen molar-refractivity contribution >= 4 is 28.4 Å². The summed E-state index contributed by atoms with van der Waals surface area (Å²) >= 11 is 6.04. The molecule has 0 radical (unpaired) electrons. The third-order valence-electron chi connectivity index (χ3n) is 5.02. The summed E-state index contributed by atoms with van der Waals surface area (Å²) in [5, 5.41) is 0.922. The lowest BCUT2D eigenvalue weighted by Crippen LogP contribution is -2.41. The minimum Gasteiger partial charge on any atom is -0.294 e. The Hall–Kier alpha value is -2.73. The first-order chi connectivity index (χ1) is 13.0. The van der Waals surface area contributed by atoms with Gasteiger partial charge >= 0.3 is 5.69 Å². The number of nitrogens with zero attached hydrogens (tertiary/aromatic N) is 3. The third kappa shape index (κ3) is 2.90. The monoisotopic (exact) mass is 383 g/mol. The van der Waals surface area contributed by atoms with E-state index in [-0.39, 0.29) is 12.3 Å². The Labute approximate surface area is 160 Å². The highest BCUT2D eigenvalue weighted by atomic mass is 35.5. The van der Waals surface area contributed by atoms with E-state index in [0.29, 0.717) is 53.0 Å². The van der Waals surface area contributed by atoms with Gasteiger partial charge in [-0.15, -0.1) is 0 Å². The topological polar surface area (TPSA) is 74.0 Å². The molecule has 6 nitrogen and oxygen atoms in total. The molecule has 0 bridgehead atoms. The normalized spacial score (nSPS) is 13.8. The molecule has 7 heteroatoms. The van der Waals surface area contributed by atoms with Crippen molar-refractivity contribution in [1.29, 1.82) is 0 Å². The molecule has 0 saturated heterocycles. The van der Waals surface area contributed by atoms with Crippen molar-refractivity contribution in [3.8, 4) is 0 Å².